The Labute approximate surface area is 105 Å². The number of carbonyl (C=O) groups excluding carboxylic acids is 1. The molecule has 0 aromatic heterocycles. The molecule has 1 rings (SSSR count). The molecule has 0 saturated carbocycles. The number of nitrogens with one attached hydrogen (secondary N) is 2. The summed E-state index contributed by atoms with van der Waals surface area (Å²) < 4.78 is 25.6. The Morgan fingerprint density at radius 1 is 1.18 bits per heavy atom. The molecule has 1 amide bonds. The fourth-order valence-electron chi connectivity index (χ4n) is 1.25. The second kappa shape index (κ2) is 7.97. The molecule has 0 atom stereocenters. The average molecular weight is 265 g/mol. The molecule has 2 N–H and O–H groups in total. The van der Waals surface area contributed by atoms with E-state index in [1.165, 1.54) is 0 Å². The van der Waals surface area contributed by atoms with Crippen molar-refractivity contribution in [3.8, 4) is 0 Å². The van der Waals surface area contributed by atoms with Crippen molar-refractivity contribution in [1.29, 1.82) is 0 Å². The lowest BCUT2D eigenvalue weighted by molar-refractivity contribution is 0.0952. The molecule has 1 aromatic carbocycles. The van der Waals surface area contributed by atoms with Crippen molar-refractivity contribution in [3.05, 3.63) is 35.4 Å². The molecule has 0 unspecified atom stereocenters. The number of carbonyl (C=O) groups is 1. The van der Waals surface area contributed by atoms with Gasteiger partial charge in [-0.25, -0.2) is 8.78 Å². The van der Waals surface area contributed by atoms with Gasteiger partial charge in [0.15, 0.2) is 0 Å². The first-order chi connectivity index (χ1) is 7.63. The maximum atomic E-state index is 12.8. The Balaban J connectivity index is 0.00000256. The lowest BCUT2D eigenvalue weighted by Crippen LogP contribution is -2.26. The monoisotopic (exact) mass is 264 g/mol. The molecule has 96 valence electrons. The Bertz CT molecular complexity index is 354. The number of hydrogen-bond acceptors (Lipinski definition) is 2. The molecule has 0 aliphatic heterocycles. The van der Waals surface area contributed by atoms with Crippen LogP contribution in [0, 0.1) is 11.6 Å². The SMILES string of the molecule is CNCCCNC(=O)c1cc(F)cc(F)c1.Cl. The highest BCUT2D eigenvalue weighted by atomic mass is 35.5. The molecule has 3 nitrogen and oxygen atoms in total. The lowest BCUT2D eigenvalue weighted by Gasteiger charge is -2.05. The molecule has 0 aliphatic rings. The summed E-state index contributed by atoms with van der Waals surface area (Å²) in [5.41, 5.74) is 0.00181. The van der Waals surface area contributed by atoms with Crippen LogP contribution in [0.5, 0.6) is 0 Å². The molecule has 6 heteroatoms. The van der Waals surface area contributed by atoms with Crippen molar-refractivity contribution in [2.75, 3.05) is 20.1 Å². The normalized spacial score (nSPS) is 9.59. The molecule has 1 aromatic rings. The Morgan fingerprint density at radius 2 is 1.76 bits per heavy atom. The van der Waals surface area contributed by atoms with E-state index in [2.05, 4.69) is 10.6 Å². The first-order valence-corrected chi connectivity index (χ1v) is 5.02. The maximum Gasteiger partial charge on any atom is 0.251 e. The van der Waals surface area contributed by atoms with Gasteiger partial charge in [0.1, 0.15) is 11.6 Å². The highest BCUT2D eigenvalue weighted by molar-refractivity contribution is 5.94. The van der Waals surface area contributed by atoms with Gasteiger partial charge in [-0.2, -0.15) is 0 Å². The molecule has 0 heterocycles. The van der Waals surface area contributed by atoms with E-state index in [0.29, 0.717) is 6.54 Å². The topological polar surface area (TPSA) is 41.1 Å². The first-order valence-electron chi connectivity index (χ1n) is 5.02. The van der Waals surface area contributed by atoms with Crippen LogP contribution >= 0.6 is 12.4 Å². The summed E-state index contributed by atoms with van der Waals surface area (Å²) in [6, 6.07) is 2.75. The van der Waals surface area contributed by atoms with Gasteiger partial charge in [-0.05, 0) is 32.1 Å². The number of hydrogen-bond donors (Lipinski definition) is 2. The lowest BCUT2D eigenvalue weighted by atomic mass is 10.2. The van der Waals surface area contributed by atoms with Crippen LogP contribution in [-0.4, -0.2) is 26.0 Å². The highest BCUT2D eigenvalue weighted by Gasteiger charge is 2.08. The summed E-state index contributed by atoms with van der Waals surface area (Å²) in [7, 11) is 1.81. The van der Waals surface area contributed by atoms with Gasteiger partial charge in [0.05, 0.1) is 0 Å². The van der Waals surface area contributed by atoms with E-state index in [1.807, 2.05) is 7.05 Å². The standard InChI is InChI=1S/C11H14F2N2O.ClH/c1-14-3-2-4-15-11(16)8-5-9(12)7-10(13)6-8;/h5-7,14H,2-4H2,1H3,(H,15,16);1H. The molecule has 0 saturated heterocycles. The predicted octanol–water partition coefficient (Wildman–Crippen LogP) is 1.73. The second-order valence-electron chi connectivity index (χ2n) is 3.37. The summed E-state index contributed by atoms with van der Waals surface area (Å²) in [5, 5.41) is 5.50. The summed E-state index contributed by atoms with van der Waals surface area (Å²) in [6.07, 6.45) is 0.764. The molecule has 0 radical (unpaired) electrons. The van der Waals surface area contributed by atoms with Crippen molar-refractivity contribution in [2.45, 2.75) is 6.42 Å². The van der Waals surface area contributed by atoms with Gasteiger partial charge in [-0.15, -0.1) is 12.4 Å². The average Bonchev–Trinajstić information content (AvgIpc) is 2.22. The van der Waals surface area contributed by atoms with E-state index >= 15 is 0 Å². The molecular formula is C11H15ClF2N2O. The maximum absolute atomic E-state index is 12.8. The van der Waals surface area contributed by atoms with Gasteiger partial charge < -0.3 is 10.6 Å². The summed E-state index contributed by atoms with van der Waals surface area (Å²) in [4.78, 5) is 11.4. The minimum atomic E-state index is -0.750. The molecule has 0 fully saturated rings. The van der Waals surface area contributed by atoms with Crippen molar-refractivity contribution in [1.82, 2.24) is 10.6 Å². The second-order valence-corrected chi connectivity index (χ2v) is 3.37. The van der Waals surface area contributed by atoms with E-state index in [1.54, 1.807) is 0 Å². The van der Waals surface area contributed by atoms with Crippen LogP contribution < -0.4 is 10.6 Å². The smallest absolute Gasteiger partial charge is 0.251 e. The van der Waals surface area contributed by atoms with Crippen LogP contribution in [0.2, 0.25) is 0 Å². The summed E-state index contributed by atoms with van der Waals surface area (Å²) in [6.45, 7) is 1.25. The third kappa shape index (κ3) is 5.60. The van der Waals surface area contributed by atoms with Gasteiger partial charge in [-0.3, -0.25) is 4.79 Å². The van der Waals surface area contributed by atoms with E-state index in [4.69, 9.17) is 0 Å². The zero-order chi connectivity index (χ0) is 12.0. The Hall–Kier alpha value is -1.20. The predicted molar refractivity (Wildman–Crippen MR) is 64.5 cm³/mol. The van der Waals surface area contributed by atoms with Crippen LogP contribution in [0.15, 0.2) is 18.2 Å². The van der Waals surface area contributed by atoms with Crippen LogP contribution in [0.4, 0.5) is 8.78 Å². The van der Waals surface area contributed by atoms with Crippen molar-refractivity contribution < 1.29 is 13.6 Å². The third-order valence-corrected chi connectivity index (χ3v) is 2.01. The number of rotatable bonds is 5. The van der Waals surface area contributed by atoms with Crippen LogP contribution in [0.3, 0.4) is 0 Å². The number of amides is 1. The zero-order valence-corrected chi connectivity index (χ0v) is 10.2. The van der Waals surface area contributed by atoms with Crippen LogP contribution in [0.25, 0.3) is 0 Å². The van der Waals surface area contributed by atoms with Gasteiger partial charge in [0, 0.05) is 18.2 Å². The summed E-state index contributed by atoms with van der Waals surface area (Å²) in [5.74, 6) is -1.96. The van der Waals surface area contributed by atoms with Crippen LogP contribution in [-0.2, 0) is 0 Å². The van der Waals surface area contributed by atoms with E-state index in [9.17, 15) is 13.6 Å². The summed E-state index contributed by atoms with van der Waals surface area (Å²) >= 11 is 0. The van der Waals surface area contributed by atoms with E-state index < -0.39 is 17.5 Å². The van der Waals surface area contributed by atoms with E-state index in [0.717, 1.165) is 31.2 Å². The fraction of sp³-hybridized carbons (Fsp3) is 0.364. The minimum Gasteiger partial charge on any atom is -0.352 e. The van der Waals surface area contributed by atoms with Crippen molar-refractivity contribution in [3.63, 3.8) is 0 Å². The van der Waals surface area contributed by atoms with Gasteiger partial charge >= 0.3 is 0 Å². The van der Waals surface area contributed by atoms with Crippen LogP contribution in [0.1, 0.15) is 16.8 Å². The molecule has 0 bridgehead atoms. The van der Waals surface area contributed by atoms with Gasteiger partial charge in [-0.1, -0.05) is 0 Å². The van der Waals surface area contributed by atoms with E-state index in [-0.39, 0.29) is 18.0 Å². The Kier molecular flexibility index (Phi) is 7.41. The largest absolute Gasteiger partial charge is 0.352 e. The fourth-order valence-corrected chi connectivity index (χ4v) is 1.25. The molecule has 0 spiro atoms. The number of halogens is 3. The van der Waals surface area contributed by atoms with Gasteiger partial charge in [0.25, 0.3) is 5.91 Å². The number of benzene rings is 1. The quantitative estimate of drug-likeness (QED) is 0.796. The van der Waals surface area contributed by atoms with Crippen molar-refractivity contribution >= 4 is 18.3 Å². The first kappa shape index (κ1) is 15.8. The minimum absolute atomic E-state index is 0. The van der Waals surface area contributed by atoms with Gasteiger partial charge in [0.2, 0.25) is 0 Å². The molecular weight excluding hydrogens is 250 g/mol. The van der Waals surface area contributed by atoms with Crippen molar-refractivity contribution in [2.24, 2.45) is 0 Å². The third-order valence-electron chi connectivity index (χ3n) is 2.01. The highest BCUT2D eigenvalue weighted by Crippen LogP contribution is 2.07. The zero-order valence-electron chi connectivity index (χ0n) is 9.43. The molecule has 17 heavy (non-hydrogen) atoms. The molecule has 0 aliphatic carbocycles. The Morgan fingerprint density at radius 3 is 2.29 bits per heavy atom.